The smallest absolute Gasteiger partial charge is 0.0947 e. The molecule has 0 aliphatic rings. The lowest BCUT2D eigenvalue weighted by Crippen LogP contribution is -2.22. The zero-order chi connectivity index (χ0) is 15.6. The van der Waals surface area contributed by atoms with Gasteiger partial charge in [0.1, 0.15) is 0 Å². The predicted octanol–water partition coefficient (Wildman–Crippen LogP) is 5.92. The lowest BCUT2D eigenvalue weighted by Gasteiger charge is -2.16. The molecule has 0 bridgehead atoms. The second-order valence-electron chi connectivity index (χ2n) is 5.96. The van der Waals surface area contributed by atoms with Gasteiger partial charge in [0.25, 0.3) is 0 Å². The maximum atomic E-state index is 4.82. The van der Waals surface area contributed by atoms with Gasteiger partial charge in [0.05, 0.1) is 14.5 Å². The quantitative estimate of drug-likeness (QED) is 0.609. The van der Waals surface area contributed by atoms with Crippen molar-refractivity contribution in [3.8, 4) is 0 Å². The molecule has 1 unspecified atom stereocenters. The maximum absolute atomic E-state index is 4.82. The molecule has 0 aliphatic heterocycles. The third kappa shape index (κ3) is 4.61. The summed E-state index contributed by atoms with van der Waals surface area (Å²) in [5.74, 6) is 0. The highest BCUT2D eigenvalue weighted by Gasteiger charge is 2.21. The molecule has 0 amide bonds. The van der Waals surface area contributed by atoms with E-state index >= 15 is 0 Å². The molecule has 0 saturated carbocycles. The van der Waals surface area contributed by atoms with E-state index < -0.39 is 0 Å². The molecule has 0 fully saturated rings. The largest absolute Gasteiger partial charge is 0.309 e. The summed E-state index contributed by atoms with van der Waals surface area (Å²) in [6, 6.07) is 2.52. The van der Waals surface area contributed by atoms with E-state index in [9.17, 15) is 0 Å². The molecule has 2 heterocycles. The fourth-order valence-corrected chi connectivity index (χ4v) is 5.21. The summed E-state index contributed by atoms with van der Waals surface area (Å²) in [6.07, 6.45) is 0.938. The van der Waals surface area contributed by atoms with Crippen LogP contribution in [0, 0.1) is 0 Å². The van der Waals surface area contributed by atoms with Crippen LogP contribution >= 0.6 is 54.5 Å². The lowest BCUT2D eigenvalue weighted by molar-refractivity contribution is 0.545. The van der Waals surface area contributed by atoms with E-state index in [0.29, 0.717) is 6.04 Å². The second-order valence-corrected chi connectivity index (χ2v) is 10.2. The number of likely N-dealkylation sites (N-methyl/N-ethyl adjacent to an activating group) is 1. The Morgan fingerprint density at radius 1 is 1.33 bits per heavy atom. The molecule has 6 heteroatoms. The van der Waals surface area contributed by atoms with Crippen molar-refractivity contribution < 1.29 is 0 Å². The van der Waals surface area contributed by atoms with Crippen LogP contribution in [-0.4, -0.2) is 11.5 Å². The van der Waals surface area contributed by atoms with Crippen LogP contribution in [-0.2, 0) is 11.8 Å². The van der Waals surface area contributed by atoms with Crippen LogP contribution < -0.4 is 5.32 Å². The van der Waals surface area contributed by atoms with Crippen LogP contribution in [0.2, 0.25) is 0 Å². The van der Waals surface area contributed by atoms with Crippen molar-refractivity contribution in [2.75, 3.05) is 6.54 Å². The summed E-state index contributed by atoms with van der Waals surface area (Å²) in [7, 11) is 0. The summed E-state index contributed by atoms with van der Waals surface area (Å²) in [5.41, 5.74) is 1.31. The summed E-state index contributed by atoms with van der Waals surface area (Å²) >= 11 is 10.7. The summed E-state index contributed by atoms with van der Waals surface area (Å²) in [5, 5.41) is 6.96. The Morgan fingerprint density at radius 3 is 2.52 bits per heavy atom. The number of rotatable bonds is 5. The fraction of sp³-hybridized carbons (Fsp3) is 0.533. The van der Waals surface area contributed by atoms with Gasteiger partial charge in [-0.1, -0.05) is 27.7 Å². The zero-order valence-corrected chi connectivity index (χ0v) is 17.5. The molecule has 0 spiro atoms. The number of hydrogen-bond donors (Lipinski definition) is 1. The average Bonchev–Trinajstić information content (AvgIpc) is 2.97. The summed E-state index contributed by atoms with van der Waals surface area (Å²) in [4.78, 5) is 6.15. The highest BCUT2D eigenvalue weighted by atomic mass is 79.9. The van der Waals surface area contributed by atoms with Crippen molar-refractivity contribution in [1.82, 2.24) is 10.3 Å². The van der Waals surface area contributed by atoms with Crippen molar-refractivity contribution in [2.24, 2.45) is 0 Å². The normalized spacial score (nSPS) is 13.6. The van der Waals surface area contributed by atoms with Crippen LogP contribution in [0.1, 0.15) is 49.3 Å². The molecule has 2 nitrogen and oxygen atoms in total. The molecule has 21 heavy (non-hydrogen) atoms. The number of nitrogens with one attached hydrogen (secondary N) is 1. The van der Waals surface area contributed by atoms with Gasteiger partial charge in [-0.05, 0) is 44.5 Å². The van der Waals surface area contributed by atoms with E-state index in [2.05, 4.69) is 76.3 Å². The van der Waals surface area contributed by atoms with Crippen LogP contribution in [0.5, 0.6) is 0 Å². The van der Waals surface area contributed by atoms with Crippen LogP contribution in [0.3, 0.4) is 0 Å². The predicted molar refractivity (Wildman–Crippen MR) is 101 cm³/mol. The van der Waals surface area contributed by atoms with E-state index in [0.717, 1.165) is 21.2 Å². The SMILES string of the molecule is CCNC(Cc1nc(C(C)(C)C)cs1)c1cc(Br)c(Br)s1. The standard InChI is InChI=1S/C15H20Br2N2S2/c1-5-18-10(11-6-9(16)14(17)21-11)7-13-19-12(8-20-13)15(2,3)4/h6,8,10,18H,5,7H2,1-4H3. The highest BCUT2D eigenvalue weighted by molar-refractivity contribution is 9.13. The molecule has 1 N–H and O–H groups in total. The third-order valence-electron chi connectivity index (χ3n) is 3.16. The number of hydrogen-bond acceptors (Lipinski definition) is 4. The third-order valence-corrected chi connectivity index (χ3v) is 7.40. The van der Waals surface area contributed by atoms with Gasteiger partial charge in [-0.3, -0.25) is 0 Å². The lowest BCUT2D eigenvalue weighted by atomic mass is 9.93. The number of halogens is 2. The molecule has 2 rings (SSSR count). The van der Waals surface area contributed by atoms with Gasteiger partial charge in [-0.25, -0.2) is 4.98 Å². The Hall–Kier alpha value is 0.250. The van der Waals surface area contributed by atoms with Gasteiger partial charge < -0.3 is 5.32 Å². The molecular weight excluding hydrogens is 432 g/mol. The van der Waals surface area contributed by atoms with Gasteiger partial charge >= 0.3 is 0 Å². The first-order valence-corrected chi connectivity index (χ1v) is 10.2. The molecule has 0 saturated heterocycles. The van der Waals surface area contributed by atoms with Gasteiger partial charge in [-0.15, -0.1) is 22.7 Å². The van der Waals surface area contributed by atoms with Crippen molar-refractivity contribution in [2.45, 2.75) is 45.6 Å². The van der Waals surface area contributed by atoms with E-state index in [-0.39, 0.29) is 5.41 Å². The molecule has 0 aliphatic carbocycles. The van der Waals surface area contributed by atoms with Crippen molar-refractivity contribution in [1.29, 1.82) is 0 Å². The van der Waals surface area contributed by atoms with Crippen LogP contribution in [0.25, 0.3) is 0 Å². The Balaban J connectivity index is 2.18. The molecule has 0 aromatic carbocycles. The first kappa shape index (κ1) is 17.6. The topological polar surface area (TPSA) is 24.9 Å². The minimum absolute atomic E-state index is 0.122. The Kier molecular flexibility index (Phi) is 6.05. The van der Waals surface area contributed by atoms with Crippen LogP contribution in [0.4, 0.5) is 0 Å². The molecule has 0 radical (unpaired) electrons. The van der Waals surface area contributed by atoms with E-state index in [1.54, 1.807) is 22.7 Å². The minimum atomic E-state index is 0.122. The van der Waals surface area contributed by atoms with Crippen molar-refractivity contribution >= 4 is 54.5 Å². The summed E-state index contributed by atoms with van der Waals surface area (Å²) < 4.78 is 2.27. The van der Waals surface area contributed by atoms with Crippen molar-refractivity contribution in [3.63, 3.8) is 0 Å². The molecule has 116 valence electrons. The number of nitrogens with zero attached hydrogens (tertiary/aromatic N) is 1. The average molecular weight is 452 g/mol. The Morgan fingerprint density at radius 2 is 2.05 bits per heavy atom. The Labute approximate surface area is 151 Å². The van der Waals surface area contributed by atoms with Crippen molar-refractivity contribution in [3.05, 3.63) is 35.3 Å². The van der Waals surface area contributed by atoms with Crippen LogP contribution in [0.15, 0.2) is 19.7 Å². The maximum Gasteiger partial charge on any atom is 0.0947 e. The van der Waals surface area contributed by atoms with E-state index in [4.69, 9.17) is 4.98 Å². The first-order chi connectivity index (χ1) is 9.81. The fourth-order valence-electron chi connectivity index (χ4n) is 1.98. The first-order valence-electron chi connectivity index (χ1n) is 6.94. The number of aromatic nitrogens is 1. The zero-order valence-electron chi connectivity index (χ0n) is 12.7. The summed E-state index contributed by atoms with van der Waals surface area (Å²) in [6.45, 7) is 9.73. The molecule has 2 aromatic heterocycles. The highest BCUT2D eigenvalue weighted by Crippen LogP contribution is 2.37. The Bertz CT molecular complexity index is 580. The molecule has 2 aromatic rings. The van der Waals surface area contributed by atoms with Gasteiger partial charge in [0.2, 0.25) is 0 Å². The van der Waals surface area contributed by atoms with Gasteiger partial charge in [-0.2, -0.15) is 0 Å². The van der Waals surface area contributed by atoms with Gasteiger partial charge in [0, 0.05) is 32.6 Å². The van der Waals surface area contributed by atoms with Gasteiger partial charge in [0.15, 0.2) is 0 Å². The second kappa shape index (κ2) is 7.21. The molecule has 1 atom stereocenters. The molecular formula is C15H20Br2N2S2. The van der Waals surface area contributed by atoms with E-state index in [1.807, 2.05) is 0 Å². The number of thiophene rings is 1. The van der Waals surface area contributed by atoms with E-state index in [1.165, 1.54) is 15.6 Å². The monoisotopic (exact) mass is 450 g/mol. The number of thiazole rings is 1. The minimum Gasteiger partial charge on any atom is -0.309 e.